The van der Waals surface area contributed by atoms with Gasteiger partial charge in [0.2, 0.25) is 0 Å². The monoisotopic (exact) mass is 259 g/mol. The average molecular weight is 259 g/mol. The number of aryl methyl sites for hydroxylation is 1. The third-order valence-electron chi connectivity index (χ3n) is 2.78. The van der Waals surface area contributed by atoms with Crippen molar-refractivity contribution in [3.05, 3.63) is 23.3 Å². The van der Waals surface area contributed by atoms with Crippen LogP contribution in [-0.2, 0) is 6.42 Å². The van der Waals surface area contributed by atoms with E-state index >= 15 is 0 Å². The van der Waals surface area contributed by atoms with Crippen LogP contribution in [0, 0.1) is 0 Å². The number of unbranched alkanes of at least 4 members (excludes halogenated alkanes) is 1. The number of ether oxygens (including phenoxy) is 2. The molecule has 1 aromatic rings. The second-order valence-electron chi connectivity index (χ2n) is 3.95. The summed E-state index contributed by atoms with van der Waals surface area (Å²) in [6.07, 6.45) is -0.349. The van der Waals surface area contributed by atoms with Crippen LogP contribution >= 0.6 is 0 Å². The van der Waals surface area contributed by atoms with E-state index in [1.54, 1.807) is 6.07 Å². The van der Waals surface area contributed by atoms with Crippen LogP contribution in [0.2, 0.25) is 0 Å². The predicted molar refractivity (Wildman–Crippen MR) is 66.5 cm³/mol. The van der Waals surface area contributed by atoms with E-state index < -0.39 is 6.43 Å². The lowest BCUT2D eigenvalue weighted by molar-refractivity contribution is 0.149. The van der Waals surface area contributed by atoms with E-state index in [4.69, 9.17) is 15.2 Å². The molecule has 0 heterocycles. The van der Waals surface area contributed by atoms with E-state index in [0.29, 0.717) is 30.0 Å². The molecule has 0 saturated heterocycles. The Morgan fingerprint density at radius 2 is 1.72 bits per heavy atom. The van der Waals surface area contributed by atoms with Crippen molar-refractivity contribution in [3.63, 3.8) is 0 Å². The van der Waals surface area contributed by atoms with Crippen molar-refractivity contribution in [3.8, 4) is 11.5 Å². The maximum Gasteiger partial charge on any atom is 0.264 e. The quantitative estimate of drug-likeness (QED) is 0.766. The Kier molecular flexibility index (Phi) is 5.85. The standard InChI is InChI=1S/C13H19F2NO2/c1-17-11-7-9(5-3-4-6-16)10(13(14)15)8-12(11)18-2/h7-8,13H,3-6,16H2,1-2H3. The van der Waals surface area contributed by atoms with Gasteiger partial charge in [0.25, 0.3) is 6.43 Å². The van der Waals surface area contributed by atoms with Crippen molar-refractivity contribution in [2.45, 2.75) is 25.7 Å². The fourth-order valence-electron chi connectivity index (χ4n) is 1.82. The maximum atomic E-state index is 13.0. The number of alkyl halides is 2. The van der Waals surface area contributed by atoms with Crippen LogP contribution in [0.5, 0.6) is 11.5 Å². The summed E-state index contributed by atoms with van der Waals surface area (Å²) in [6.45, 7) is 0.567. The van der Waals surface area contributed by atoms with Crippen LogP contribution in [0.25, 0.3) is 0 Å². The highest BCUT2D eigenvalue weighted by molar-refractivity contribution is 5.48. The summed E-state index contributed by atoms with van der Waals surface area (Å²) >= 11 is 0. The highest BCUT2D eigenvalue weighted by atomic mass is 19.3. The molecule has 0 saturated carbocycles. The van der Waals surface area contributed by atoms with Gasteiger partial charge in [0.05, 0.1) is 14.2 Å². The number of rotatable bonds is 7. The van der Waals surface area contributed by atoms with Crippen molar-refractivity contribution in [1.82, 2.24) is 0 Å². The summed E-state index contributed by atoms with van der Waals surface area (Å²) in [7, 11) is 2.92. The molecule has 102 valence electrons. The summed E-state index contributed by atoms with van der Waals surface area (Å²) in [5.74, 6) is 0.806. The molecule has 0 aliphatic heterocycles. The van der Waals surface area contributed by atoms with Crippen LogP contribution < -0.4 is 15.2 Å². The molecule has 0 spiro atoms. The second-order valence-corrected chi connectivity index (χ2v) is 3.95. The van der Waals surface area contributed by atoms with Crippen molar-refractivity contribution < 1.29 is 18.3 Å². The molecular formula is C13H19F2NO2. The highest BCUT2D eigenvalue weighted by Crippen LogP contribution is 2.35. The van der Waals surface area contributed by atoms with Gasteiger partial charge in [-0.15, -0.1) is 0 Å². The molecule has 0 aliphatic rings. The van der Waals surface area contributed by atoms with E-state index in [1.165, 1.54) is 20.3 Å². The Labute approximate surface area is 106 Å². The van der Waals surface area contributed by atoms with Gasteiger partial charge in [-0.1, -0.05) is 0 Å². The van der Waals surface area contributed by atoms with Gasteiger partial charge in [-0.3, -0.25) is 0 Å². The van der Waals surface area contributed by atoms with Gasteiger partial charge in [0, 0.05) is 5.56 Å². The van der Waals surface area contributed by atoms with E-state index in [1.807, 2.05) is 0 Å². The third-order valence-corrected chi connectivity index (χ3v) is 2.78. The van der Waals surface area contributed by atoms with Gasteiger partial charge in [0.1, 0.15) is 0 Å². The fourth-order valence-corrected chi connectivity index (χ4v) is 1.82. The van der Waals surface area contributed by atoms with Crippen LogP contribution in [0.1, 0.15) is 30.4 Å². The minimum atomic E-state index is -2.52. The second kappa shape index (κ2) is 7.16. The maximum absolute atomic E-state index is 13.0. The van der Waals surface area contributed by atoms with Crippen LogP contribution in [-0.4, -0.2) is 20.8 Å². The Morgan fingerprint density at radius 3 is 2.22 bits per heavy atom. The van der Waals surface area contributed by atoms with Gasteiger partial charge in [-0.2, -0.15) is 0 Å². The summed E-state index contributed by atoms with van der Waals surface area (Å²) in [5, 5.41) is 0. The van der Waals surface area contributed by atoms with Gasteiger partial charge in [-0.25, -0.2) is 8.78 Å². The third kappa shape index (κ3) is 3.57. The molecule has 0 aliphatic carbocycles. The van der Waals surface area contributed by atoms with Gasteiger partial charge >= 0.3 is 0 Å². The molecular weight excluding hydrogens is 240 g/mol. The smallest absolute Gasteiger partial charge is 0.264 e. The van der Waals surface area contributed by atoms with Gasteiger partial charge in [0.15, 0.2) is 11.5 Å². The normalized spacial score (nSPS) is 10.8. The first-order valence-corrected chi connectivity index (χ1v) is 5.87. The molecule has 0 bridgehead atoms. The highest BCUT2D eigenvalue weighted by Gasteiger charge is 2.17. The molecule has 0 radical (unpaired) electrons. The Morgan fingerprint density at radius 1 is 1.11 bits per heavy atom. The summed E-state index contributed by atoms with van der Waals surface area (Å²) < 4.78 is 36.1. The number of halogens is 2. The topological polar surface area (TPSA) is 44.5 Å². The summed E-state index contributed by atoms with van der Waals surface area (Å²) in [6, 6.07) is 2.97. The zero-order chi connectivity index (χ0) is 13.5. The SMILES string of the molecule is COc1cc(CCCCN)c(C(F)F)cc1OC. The summed E-state index contributed by atoms with van der Waals surface area (Å²) in [4.78, 5) is 0. The molecule has 5 heteroatoms. The summed E-state index contributed by atoms with van der Waals surface area (Å²) in [5.41, 5.74) is 6.00. The lowest BCUT2D eigenvalue weighted by Gasteiger charge is -2.14. The zero-order valence-corrected chi connectivity index (χ0v) is 10.7. The largest absolute Gasteiger partial charge is 0.493 e. The zero-order valence-electron chi connectivity index (χ0n) is 10.7. The van der Waals surface area contributed by atoms with Crippen LogP contribution in [0.4, 0.5) is 8.78 Å². The van der Waals surface area contributed by atoms with Crippen molar-refractivity contribution in [2.75, 3.05) is 20.8 Å². The minimum absolute atomic E-state index is 0.00433. The molecule has 0 aromatic heterocycles. The van der Waals surface area contributed by atoms with E-state index in [9.17, 15) is 8.78 Å². The number of benzene rings is 1. The Balaban J connectivity index is 3.04. The van der Waals surface area contributed by atoms with Crippen molar-refractivity contribution in [1.29, 1.82) is 0 Å². The molecule has 0 amide bonds. The molecule has 1 aromatic carbocycles. The van der Waals surface area contributed by atoms with E-state index in [2.05, 4.69) is 0 Å². The first-order chi connectivity index (χ1) is 8.63. The fraction of sp³-hybridized carbons (Fsp3) is 0.538. The predicted octanol–water partition coefficient (Wildman–Crippen LogP) is 2.92. The van der Waals surface area contributed by atoms with E-state index in [0.717, 1.165) is 12.8 Å². The molecule has 0 atom stereocenters. The molecule has 18 heavy (non-hydrogen) atoms. The Hall–Kier alpha value is -1.36. The molecule has 2 N–H and O–H groups in total. The van der Waals surface area contributed by atoms with Gasteiger partial charge in [-0.05, 0) is 43.5 Å². The van der Waals surface area contributed by atoms with Crippen LogP contribution in [0.15, 0.2) is 12.1 Å². The van der Waals surface area contributed by atoms with Gasteiger partial charge < -0.3 is 15.2 Å². The first kappa shape index (κ1) is 14.7. The minimum Gasteiger partial charge on any atom is -0.493 e. The van der Waals surface area contributed by atoms with Crippen LogP contribution in [0.3, 0.4) is 0 Å². The number of methoxy groups -OCH3 is 2. The first-order valence-electron chi connectivity index (χ1n) is 5.87. The number of nitrogens with two attached hydrogens (primary N) is 1. The van der Waals surface area contributed by atoms with Crippen molar-refractivity contribution >= 4 is 0 Å². The molecule has 0 unspecified atom stereocenters. The van der Waals surface area contributed by atoms with E-state index in [-0.39, 0.29) is 5.56 Å². The number of hydrogen-bond donors (Lipinski definition) is 1. The average Bonchev–Trinajstić information content (AvgIpc) is 2.38. The lowest BCUT2D eigenvalue weighted by Crippen LogP contribution is -2.02. The Bertz CT molecular complexity index is 383. The molecule has 1 rings (SSSR count). The number of hydrogen-bond acceptors (Lipinski definition) is 3. The van der Waals surface area contributed by atoms with Crippen molar-refractivity contribution in [2.24, 2.45) is 5.73 Å². The lowest BCUT2D eigenvalue weighted by atomic mass is 10.0. The molecule has 3 nitrogen and oxygen atoms in total. The molecule has 0 fully saturated rings.